The number of halogens is 1. The van der Waals surface area contributed by atoms with Crippen LogP contribution in [0.15, 0.2) is 41.3 Å². The molecule has 1 fully saturated rings. The SMILES string of the molecule is O=C1CN(S(=O)(=O)c2cccc(C(=O)NCc3cc(Cl)c4c(c3)OCCCO4)c2)CCN1. The van der Waals surface area contributed by atoms with E-state index in [1.165, 1.54) is 24.3 Å². The summed E-state index contributed by atoms with van der Waals surface area (Å²) in [6.45, 7) is 1.37. The fraction of sp³-hybridized carbons (Fsp3) is 0.333. The average molecular weight is 480 g/mol. The molecule has 2 aliphatic rings. The van der Waals surface area contributed by atoms with Crippen molar-refractivity contribution in [3.05, 3.63) is 52.5 Å². The Morgan fingerprint density at radius 3 is 2.81 bits per heavy atom. The molecule has 0 atom stereocenters. The molecule has 0 unspecified atom stereocenters. The van der Waals surface area contributed by atoms with Crippen LogP contribution in [-0.4, -0.2) is 57.4 Å². The molecule has 32 heavy (non-hydrogen) atoms. The molecule has 2 aromatic rings. The zero-order chi connectivity index (χ0) is 22.7. The lowest BCUT2D eigenvalue weighted by Gasteiger charge is -2.26. The number of hydrogen-bond donors (Lipinski definition) is 2. The number of hydrogen-bond acceptors (Lipinski definition) is 6. The van der Waals surface area contributed by atoms with Gasteiger partial charge in [-0.25, -0.2) is 8.42 Å². The Balaban J connectivity index is 1.47. The first-order chi connectivity index (χ1) is 15.3. The van der Waals surface area contributed by atoms with Crippen molar-refractivity contribution in [3.8, 4) is 11.5 Å². The highest BCUT2D eigenvalue weighted by molar-refractivity contribution is 7.89. The Labute approximate surface area is 190 Å². The summed E-state index contributed by atoms with van der Waals surface area (Å²) in [6, 6.07) is 9.18. The van der Waals surface area contributed by atoms with Crippen LogP contribution in [0, 0.1) is 0 Å². The van der Waals surface area contributed by atoms with Crippen LogP contribution >= 0.6 is 11.6 Å². The quantitative estimate of drug-likeness (QED) is 0.672. The van der Waals surface area contributed by atoms with Gasteiger partial charge in [-0.1, -0.05) is 17.7 Å². The normalized spacial score (nSPS) is 16.7. The van der Waals surface area contributed by atoms with E-state index in [4.69, 9.17) is 21.1 Å². The van der Waals surface area contributed by atoms with Crippen LogP contribution in [0.5, 0.6) is 11.5 Å². The van der Waals surface area contributed by atoms with Gasteiger partial charge in [0.2, 0.25) is 15.9 Å². The van der Waals surface area contributed by atoms with Gasteiger partial charge in [0.25, 0.3) is 5.91 Å². The third-order valence-electron chi connectivity index (χ3n) is 5.05. The number of carbonyl (C=O) groups is 2. The average Bonchev–Trinajstić information content (AvgIpc) is 3.03. The van der Waals surface area contributed by atoms with Gasteiger partial charge >= 0.3 is 0 Å². The van der Waals surface area contributed by atoms with E-state index in [2.05, 4.69) is 10.6 Å². The molecule has 11 heteroatoms. The molecule has 2 amide bonds. The van der Waals surface area contributed by atoms with Gasteiger partial charge in [-0.3, -0.25) is 9.59 Å². The van der Waals surface area contributed by atoms with Crippen molar-refractivity contribution in [2.75, 3.05) is 32.8 Å². The predicted octanol–water partition coefficient (Wildman–Crippen LogP) is 1.55. The minimum atomic E-state index is -3.89. The molecule has 2 N–H and O–H groups in total. The summed E-state index contributed by atoms with van der Waals surface area (Å²) >= 11 is 6.29. The van der Waals surface area contributed by atoms with E-state index in [9.17, 15) is 18.0 Å². The van der Waals surface area contributed by atoms with Gasteiger partial charge in [0, 0.05) is 31.6 Å². The van der Waals surface area contributed by atoms with Crippen LogP contribution in [-0.2, 0) is 21.4 Å². The highest BCUT2D eigenvalue weighted by atomic mass is 35.5. The Morgan fingerprint density at radius 2 is 2.00 bits per heavy atom. The van der Waals surface area contributed by atoms with Crippen LogP contribution in [0.2, 0.25) is 5.02 Å². The first kappa shape index (κ1) is 22.4. The number of benzene rings is 2. The van der Waals surface area contributed by atoms with Crippen molar-refractivity contribution >= 4 is 33.4 Å². The van der Waals surface area contributed by atoms with Crippen LogP contribution in [0.1, 0.15) is 22.3 Å². The molecule has 1 saturated heterocycles. The molecule has 0 aliphatic carbocycles. The van der Waals surface area contributed by atoms with E-state index in [1.54, 1.807) is 12.1 Å². The maximum Gasteiger partial charge on any atom is 0.251 e. The number of ether oxygens (including phenoxy) is 2. The van der Waals surface area contributed by atoms with Gasteiger partial charge in [0.1, 0.15) is 0 Å². The molecule has 0 aromatic heterocycles. The van der Waals surface area contributed by atoms with E-state index in [0.29, 0.717) is 29.7 Å². The summed E-state index contributed by atoms with van der Waals surface area (Å²) in [5, 5.41) is 5.75. The van der Waals surface area contributed by atoms with Crippen LogP contribution in [0.4, 0.5) is 0 Å². The highest BCUT2D eigenvalue weighted by Gasteiger charge is 2.29. The Bertz CT molecular complexity index is 1150. The first-order valence-corrected chi connectivity index (χ1v) is 11.9. The van der Waals surface area contributed by atoms with Crippen molar-refractivity contribution in [3.63, 3.8) is 0 Å². The topological polar surface area (TPSA) is 114 Å². The maximum atomic E-state index is 12.9. The monoisotopic (exact) mass is 479 g/mol. The summed E-state index contributed by atoms with van der Waals surface area (Å²) in [5.74, 6) is 0.214. The smallest absolute Gasteiger partial charge is 0.251 e. The molecule has 0 saturated carbocycles. The number of sulfonamides is 1. The second-order valence-electron chi connectivity index (χ2n) is 7.35. The zero-order valence-electron chi connectivity index (χ0n) is 17.1. The van der Waals surface area contributed by atoms with Gasteiger partial charge in [-0.2, -0.15) is 4.31 Å². The Hall–Kier alpha value is -2.82. The summed E-state index contributed by atoms with van der Waals surface area (Å²) in [6.07, 6.45) is 0.748. The number of nitrogens with one attached hydrogen (secondary N) is 2. The third kappa shape index (κ3) is 4.82. The molecule has 9 nitrogen and oxygen atoms in total. The number of carbonyl (C=O) groups excluding carboxylic acids is 2. The van der Waals surface area contributed by atoms with Gasteiger partial charge in [0.05, 0.1) is 29.7 Å². The molecule has 2 heterocycles. The largest absolute Gasteiger partial charge is 0.489 e. The maximum absolute atomic E-state index is 12.9. The van der Waals surface area contributed by atoms with E-state index >= 15 is 0 Å². The van der Waals surface area contributed by atoms with Crippen molar-refractivity contribution in [1.82, 2.24) is 14.9 Å². The van der Waals surface area contributed by atoms with Crippen molar-refractivity contribution < 1.29 is 27.5 Å². The van der Waals surface area contributed by atoms with Gasteiger partial charge < -0.3 is 20.1 Å². The highest BCUT2D eigenvalue weighted by Crippen LogP contribution is 2.38. The summed E-state index contributed by atoms with van der Waals surface area (Å²) in [5.41, 5.74) is 0.906. The summed E-state index contributed by atoms with van der Waals surface area (Å²) in [4.78, 5) is 24.2. The molecule has 0 bridgehead atoms. The van der Waals surface area contributed by atoms with E-state index in [1.807, 2.05) is 0 Å². The Morgan fingerprint density at radius 1 is 1.19 bits per heavy atom. The molecule has 2 aromatic carbocycles. The number of amides is 2. The molecular weight excluding hydrogens is 458 g/mol. The number of fused-ring (bicyclic) bond motifs is 1. The van der Waals surface area contributed by atoms with Gasteiger partial charge in [-0.05, 0) is 35.9 Å². The van der Waals surface area contributed by atoms with E-state index in [-0.39, 0.29) is 42.5 Å². The fourth-order valence-electron chi connectivity index (χ4n) is 3.44. The second-order valence-corrected chi connectivity index (χ2v) is 9.70. The van der Waals surface area contributed by atoms with Crippen molar-refractivity contribution in [1.29, 1.82) is 0 Å². The number of piperazine rings is 1. The van der Waals surface area contributed by atoms with E-state index in [0.717, 1.165) is 16.3 Å². The zero-order valence-corrected chi connectivity index (χ0v) is 18.7. The van der Waals surface area contributed by atoms with Crippen LogP contribution in [0.3, 0.4) is 0 Å². The lowest BCUT2D eigenvalue weighted by atomic mass is 10.1. The van der Waals surface area contributed by atoms with E-state index < -0.39 is 15.9 Å². The van der Waals surface area contributed by atoms with Crippen LogP contribution < -0.4 is 20.1 Å². The first-order valence-electron chi connectivity index (χ1n) is 10.1. The molecule has 0 radical (unpaired) electrons. The minimum Gasteiger partial charge on any atom is -0.489 e. The fourth-order valence-corrected chi connectivity index (χ4v) is 5.17. The Kier molecular flexibility index (Phi) is 6.54. The lowest BCUT2D eigenvalue weighted by molar-refractivity contribution is -0.122. The molecule has 2 aliphatic heterocycles. The molecule has 4 rings (SSSR count). The standard InChI is InChI=1S/C21H22ClN3O6S/c22-17-9-14(10-18-20(17)31-8-2-7-30-18)12-24-21(27)15-3-1-4-16(11-15)32(28,29)25-6-5-23-19(26)13-25/h1,3-4,9-11H,2,5-8,12-13H2,(H,23,26)(H,24,27). The number of rotatable bonds is 5. The molecule has 170 valence electrons. The van der Waals surface area contributed by atoms with Gasteiger partial charge in [-0.15, -0.1) is 0 Å². The summed E-state index contributed by atoms with van der Waals surface area (Å²) in [7, 11) is -3.89. The third-order valence-corrected chi connectivity index (χ3v) is 7.17. The predicted molar refractivity (Wildman–Crippen MR) is 116 cm³/mol. The van der Waals surface area contributed by atoms with Crippen molar-refractivity contribution in [2.24, 2.45) is 0 Å². The number of nitrogens with zero attached hydrogens (tertiary/aromatic N) is 1. The van der Waals surface area contributed by atoms with Crippen LogP contribution in [0.25, 0.3) is 0 Å². The van der Waals surface area contributed by atoms with Crippen molar-refractivity contribution in [2.45, 2.75) is 17.9 Å². The summed E-state index contributed by atoms with van der Waals surface area (Å²) < 4.78 is 38.1. The second kappa shape index (κ2) is 9.35. The lowest BCUT2D eigenvalue weighted by Crippen LogP contribution is -2.49. The minimum absolute atomic E-state index is 0.0431. The molecular formula is C21H22ClN3O6S. The van der Waals surface area contributed by atoms with Gasteiger partial charge in [0.15, 0.2) is 11.5 Å². The molecule has 0 spiro atoms.